The maximum atomic E-state index is 4.93. The number of rotatable bonds is 4. The third kappa shape index (κ3) is 8.95. The number of aryl methyl sites for hydroxylation is 6. The Bertz CT molecular complexity index is 1640. The first-order valence-electron chi connectivity index (χ1n) is 15.3. The average molecular weight is 715 g/mol. The molecule has 0 fully saturated rings. The van der Waals surface area contributed by atoms with Crippen LogP contribution in [-0.4, -0.2) is 9.52 Å². The van der Waals surface area contributed by atoms with E-state index in [2.05, 4.69) is 152 Å². The van der Waals surface area contributed by atoms with Crippen LogP contribution >= 0.6 is 17.0 Å². The van der Waals surface area contributed by atoms with Gasteiger partial charge in [0.05, 0.1) is 0 Å². The summed E-state index contributed by atoms with van der Waals surface area (Å²) in [5.74, 6) is 0. The Morgan fingerprint density at radius 2 is 0.932 bits per heavy atom. The minimum absolute atomic E-state index is 0.826. The summed E-state index contributed by atoms with van der Waals surface area (Å²) in [6, 6.07) is 35.6. The van der Waals surface area contributed by atoms with E-state index in [4.69, 9.17) is 17.0 Å². The molecule has 44 heavy (non-hydrogen) atoms. The normalized spacial score (nSPS) is 10.2. The van der Waals surface area contributed by atoms with Gasteiger partial charge in [-0.15, -0.1) is 69.1 Å². The van der Waals surface area contributed by atoms with E-state index in [-0.39, 0.29) is 0 Å². The summed E-state index contributed by atoms with van der Waals surface area (Å²) in [6.07, 6.45) is 2.15. The van der Waals surface area contributed by atoms with Gasteiger partial charge in [0.2, 0.25) is 0 Å². The Morgan fingerprint density at radius 3 is 1.25 bits per heavy atom. The molecule has 2 radical (unpaired) electrons. The van der Waals surface area contributed by atoms with Gasteiger partial charge in [-0.05, 0) is 48.9 Å². The fourth-order valence-corrected chi connectivity index (χ4v) is 5.89. The van der Waals surface area contributed by atoms with Crippen molar-refractivity contribution in [2.75, 3.05) is 0 Å². The van der Waals surface area contributed by atoms with Gasteiger partial charge in [-0.3, -0.25) is 0 Å². The van der Waals surface area contributed by atoms with E-state index in [1.807, 2.05) is 0 Å². The summed E-state index contributed by atoms with van der Waals surface area (Å²) < 4.78 is 0. The predicted octanol–water partition coefficient (Wildman–Crippen LogP) is 13.0. The molecule has 0 amide bonds. The van der Waals surface area contributed by atoms with Crippen LogP contribution in [0.3, 0.4) is 0 Å². The third-order valence-electron chi connectivity index (χ3n) is 7.83. The maximum absolute atomic E-state index is 4.93. The van der Waals surface area contributed by atoms with Gasteiger partial charge >= 0.3 is 37.9 Å². The molecule has 0 saturated heterocycles. The molecule has 6 rings (SSSR count). The first-order valence-corrected chi connectivity index (χ1v) is 23.6. The molecule has 0 bridgehead atoms. The summed E-state index contributed by atoms with van der Waals surface area (Å²) in [4.78, 5) is 0. The van der Waals surface area contributed by atoms with Crippen LogP contribution in [0.25, 0.3) is 43.8 Å². The molecule has 0 nitrogen and oxygen atoms in total. The van der Waals surface area contributed by atoms with Gasteiger partial charge in [-0.2, -0.15) is 12.1 Å². The fraction of sp³-hybridized carbons (Fsp3) is 0.250. The van der Waals surface area contributed by atoms with E-state index >= 15 is 0 Å². The molecular weight excluding hydrogens is 671 g/mol. The number of benzene rings is 4. The topological polar surface area (TPSA) is 0 Å². The summed E-state index contributed by atoms with van der Waals surface area (Å²) in [5, 5.41) is 5.50. The number of hydrogen-bond donors (Lipinski definition) is 0. The molecule has 4 heteroatoms. The molecule has 0 atom stereocenters. The van der Waals surface area contributed by atoms with Crippen LogP contribution < -0.4 is 0 Å². The molecule has 0 aliphatic rings. The molecule has 226 valence electrons. The van der Waals surface area contributed by atoms with Gasteiger partial charge in [0, 0.05) is 9.52 Å². The van der Waals surface area contributed by atoms with E-state index in [9.17, 15) is 0 Å². The monoisotopic (exact) mass is 712 g/mol. The van der Waals surface area contributed by atoms with Crippen LogP contribution in [0.1, 0.15) is 47.2 Å². The molecule has 0 N–H and O–H groups in total. The number of hydrogen-bond acceptors (Lipinski definition) is 0. The molecule has 0 saturated carbocycles. The van der Waals surface area contributed by atoms with Gasteiger partial charge in [0.1, 0.15) is 0 Å². The minimum atomic E-state index is -0.826. The van der Waals surface area contributed by atoms with Crippen molar-refractivity contribution in [2.45, 2.75) is 67.5 Å². The Kier molecular flexibility index (Phi) is 14.9. The van der Waals surface area contributed by atoms with E-state index in [0.29, 0.717) is 0 Å². The van der Waals surface area contributed by atoms with Crippen molar-refractivity contribution in [3.8, 4) is 22.3 Å². The van der Waals surface area contributed by atoms with Gasteiger partial charge in [0.25, 0.3) is 0 Å². The van der Waals surface area contributed by atoms with Crippen molar-refractivity contribution in [3.05, 3.63) is 130 Å². The first kappa shape index (κ1) is 36.3. The van der Waals surface area contributed by atoms with Crippen molar-refractivity contribution in [1.82, 2.24) is 0 Å². The van der Waals surface area contributed by atoms with E-state index in [1.165, 1.54) is 77.2 Å². The van der Waals surface area contributed by atoms with Crippen LogP contribution in [0, 0.1) is 27.7 Å². The molecule has 0 aliphatic heterocycles. The Balaban J connectivity index is 0.000000204. The van der Waals surface area contributed by atoms with E-state index in [1.54, 1.807) is 0 Å². The second kappa shape index (κ2) is 18.1. The van der Waals surface area contributed by atoms with Gasteiger partial charge in [-0.25, -0.2) is 0 Å². The third-order valence-corrected chi connectivity index (χ3v) is 7.83. The first-order chi connectivity index (χ1) is 21.2. The van der Waals surface area contributed by atoms with Gasteiger partial charge in [0.15, 0.2) is 0 Å². The average Bonchev–Trinajstić information content (AvgIpc) is 3.59. The molecule has 0 spiro atoms. The van der Waals surface area contributed by atoms with Crippen molar-refractivity contribution >= 4 is 48.1 Å². The fourth-order valence-electron chi connectivity index (χ4n) is 5.89. The molecule has 0 heterocycles. The summed E-state index contributed by atoms with van der Waals surface area (Å²) >= 11 is -0.826. The Hall–Kier alpha value is -2.22. The van der Waals surface area contributed by atoms with Crippen molar-refractivity contribution in [3.63, 3.8) is 0 Å². The van der Waals surface area contributed by atoms with Gasteiger partial charge < -0.3 is 0 Å². The van der Waals surface area contributed by atoms with Crippen LogP contribution in [0.4, 0.5) is 0 Å². The molecule has 0 aromatic heterocycles. The van der Waals surface area contributed by atoms with Crippen LogP contribution in [-0.2, 0) is 33.7 Å². The van der Waals surface area contributed by atoms with Crippen molar-refractivity contribution in [2.24, 2.45) is 0 Å². The number of fused-ring (bicyclic) bond motifs is 2. The van der Waals surface area contributed by atoms with E-state index in [0.717, 1.165) is 22.4 Å². The van der Waals surface area contributed by atoms with E-state index < -0.39 is 20.8 Å². The zero-order chi connectivity index (χ0) is 32.2. The quantitative estimate of drug-likeness (QED) is 0.126. The Labute approximate surface area is 287 Å². The van der Waals surface area contributed by atoms with Crippen LogP contribution in [0.15, 0.2) is 97.1 Å². The molecule has 6 aromatic carbocycles. The number of halogens is 2. The van der Waals surface area contributed by atoms with Crippen LogP contribution in [0.5, 0.6) is 0 Å². The molecule has 0 unspecified atom stereocenters. The Morgan fingerprint density at radius 1 is 0.591 bits per heavy atom. The van der Waals surface area contributed by atoms with Crippen LogP contribution in [0.2, 0.25) is 13.1 Å². The van der Waals surface area contributed by atoms with Crippen molar-refractivity contribution < 1.29 is 20.8 Å². The molecule has 6 aromatic rings. The SMILES string of the molecule is CCc1ccc2[cH-]c(C)cc2c1-c1ccccc1C.CCc1ccc2[cH-]c(C)cc2c1-c1ccccc1C.C[Si]C.[Cl][Zr+2][Cl]. The summed E-state index contributed by atoms with van der Waals surface area (Å²) in [7, 11) is 11.0. The molecular formula is C40H44Cl2SiZr. The zero-order valence-electron chi connectivity index (χ0n) is 27.4. The summed E-state index contributed by atoms with van der Waals surface area (Å²) in [6.45, 7) is 17.5. The second-order valence-corrected chi connectivity index (χ2v) is 15.9. The zero-order valence-corrected chi connectivity index (χ0v) is 32.4. The predicted molar refractivity (Wildman–Crippen MR) is 197 cm³/mol. The van der Waals surface area contributed by atoms with Crippen molar-refractivity contribution in [1.29, 1.82) is 0 Å². The molecule has 0 aliphatic carbocycles. The second-order valence-electron chi connectivity index (χ2n) is 11.2. The standard InChI is InChI=1S/2C19H19.C2H6Si.2ClH.Zr/c2*1-4-15-9-10-16-11-13(2)12-18(16)19(15)17-8-6-5-7-14(17)3;1-3-2;;;/h2*5-12H,4H2,1-3H3;1-2H3;2*1H;/q2*-1;;;;+4/p-2. The summed E-state index contributed by atoms with van der Waals surface area (Å²) in [5.41, 5.74) is 13.9. The van der Waals surface area contributed by atoms with Gasteiger partial charge in [-0.1, -0.05) is 112 Å².